The smallest absolute Gasteiger partial charge is 0.338 e. The van der Waals surface area contributed by atoms with Gasteiger partial charge in [-0.2, -0.15) is 18.2 Å². The first kappa shape index (κ1) is 18.5. The van der Waals surface area contributed by atoms with Crippen LogP contribution in [-0.4, -0.2) is 15.1 Å². The Morgan fingerprint density at radius 2 is 1.79 bits per heavy atom. The molecule has 0 aliphatic carbocycles. The predicted molar refractivity (Wildman–Crippen MR) is 101 cm³/mol. The third-order valence-electron chi connectivity index (χ3n) is 4.12. The van der Waals surface area contributed by atoms with Crippen LogP contribution in [0.1, 0.15) is 17.0 Å². The second kappa shape index (κ2) is 7.63. The molecule has 0 saturated heterocycles. The number of alkyl halides is 3. The Morgan fingerprint density at radius 3 is 2.64 bits per heavy atom. The quantitative estimate of drug-likeness (QED) is 0.427. The highest BCUT2D eigenvalue weighted by atomic mass is 32.2. The van der Waals surface area contributed by atoms with E-state index in [9.17, 15) is 13.2 Å². The van der Waals surface area contributed by atoms with Crippen molar-refractivity contribution in [1.82, 2.24) is 15.1 Å². The predicted octanol–water partition coefficient (Wildman–Crippen LogP) is 5.74. The number of rotatable bonds is 5. The SMILES string of the molecule is FC(F)(F)c1cccc(-c2noc(CSCc3cccc4cccnc34)n2)c1. The van der Waals surface area contributed by atoms with Gasteiger partial charge in [0.25, 0.3) is 0 Å². The molecule has 0 N–H and O–H groups in total. The van der Waals surface area contributed by atoms with E-state index in [4.69, 9.17) is 4.52 Å². The van der Waals surface area contributed by atoms with Crippen LogP contribution in [0.2, 0.25) is 0 Å². The van der Waals surface area contributed by atoms with E-state index < -0.39 is 11.7 Å². The highest BCUT2D eigenvalue weighted by Gasteiger charge is 2.30. The Kier molecular flexibility index (Phi) is 5.04. The van der Waals surface area contributed by atoms with E-state index in [2.05, 4.69) is 15.1 Å². The van der Waals surface area contributed by atoms with E-state index in [0.29, 0.717) is 17.4 Å². The van der Waals surface area contributed by atoms with Gasteiger partial charge in [-0.1, -0.05) is 41.6 Å². The molecule has 4 aromatic rings. The molecule has 142 valence electrons. The van der Waals surface area contributed by atoms with Gasteiger partial charge < -0.3 is 4.52 Å². The molecule has 0 fully saturated rings. The van der Waals surface area contributed by atoms with Crippen LogP contribution >= 0.6 is 11.8 Å². The van der Waals surface area contributed by atoms with Gasteiger partial charge in [-0.05, 0) is 23.8 Å². The summed E-state index contributed by atoms with van der Waals surface area (Å²) < 4.78 is 43.8. The first-order valence-corrected chi connectivity index (χ1v) is 9.57. The molecule has 0 atom stereocenters. The van der Waals surface area contributed by atoms with Crippen molar-refractivity contribution in [3.8, 4) is 11.4 Å². The summed E-state index contributed by atoms with van der Waals surface area (Å²) in [5.41, 5.74) is 1.58. The maximum absolute atomic E-state index is 12.9. The first-order valence-electron chi connectivity index (χ1n) is 8.41. The van der Waals surface area contributed by atoms with Crippen LogP contribution in [0.4, 0.5) is 13.2 Å². The Labute approximate surface area is 162 Å². The minimum atomic E-state index is -4.41. The van der Waals surface area contributed by atoms with Gasteiger partial charge in [0, 0.05) is 22.9 Å². The van der Waals surface area contributed by atoms with Gasteiger partial charge in [-0.3, -0.25) is 4.98 Å². The Bertz CT molecular complexity index is 1110. The summed E-state index contributed by atoms with van der Waals surface area (Å²) >= 11 is 1.57. The second-order valence-corrected chi connectivity index (χ2v) is 7.06. The van der Waals surface area contributed by atoms with E-state index in [-0.39, 0.29) is 11.4 Å². The summed E-state index contributed by atoms with van der Waals surface area (Å²) in [6.07, 6.45) is -2.65. The van der Waals surface area contributed by atoms with Gasteiger partial charge in [0.15, 0.2) is 0 Å². The molecular formula is C20H14F3N3OS. The summed E-state index contributed by atoms with van der Waals surface area (Å²) in [4.78, 5) is 8.64. The monoisotopic (exact) mass is 401 g/mol. The molecule has 0 unspecified atom stereocenters. The van der Waals surface area contributed by atoms with E-state index in [1.54, 1.807) is 18.0 Å². The zero-order chi connectivity index (χ0) is 19.6. The van der Waals surface area contributed by atoms with Gasteiger partial charge in [-0.25, -0.2) is 0 Å². The molecule has 2 aromatic carbocycles. The molecule has 0 aliphatic rings. The summed E-state index contributed by atoms with van der Waals surface area (Å²) in [5, 5.41) is 4.88. The zero-order valence-electron chi connectivity index (χ0n) is 14.5. The van der Waals surface area contributed by atoms with E-state index in [1.165, 1.54) is 12.1 Å². The molecule has 0 aliphatic heterocycles. The number of benzene rings is 2. The van der Waals surface area contributed by atoms with E-state index in [1.807, 2.05) is 30.3 Å². The lowest BCUT2D eigenvalue weighted by atomic mass is 10.1. The van der Waals surface area contributed by atoms with Gasteiger partial charge >= 0.3 is 6.18 Å². The molecule has 2 heterocycles. The summed E-state index contributed by atoms with van der Waals surface area (Å²) in [6.45, 7) is 0. The third kappa shape index (κ3) is 4.01. The van der Waals surface area contributed by atoms with E-state index >= 15 is 0 Å². The Balaban J connectivity index is 1.44. The number of thioether (sulfide) groups is 1. The number of para-hydroxylation sites is 1. The fourth-order valence-electron chi connectivity index (χ4n) is 2.80. The molecule has 0 saturated carbocycles. The number of hydrogen-bond acceptors (Lipinski definition) is 5. The van der Waals surface area contributed by atoms with Crippen molar-refractivity contribution >= 4 is 22.7 Å². The zero-order valence-corrected chi connectivity index (χ0v) is 15.3. The number of aromatic nitrogens is 3. The number of fused-ring (bicyclic) bond motifs is 1. The van der Waals surface area contributed by atoms with Gasteiger partial charge in [-0.15, -0.1) is 11.8 Å². The van der Waals surface area contributed by atoms with Gasteiger partial charge in [0.05, 0.1) is 16.8 Å². The van der Waals surface area contributed by atoms with E-state index in [0.717, 1.165) is 28.6 Å². The highest BCUT2D eigenvalue weighted by Crippen LogP contribution is 2.31. The van der Waals surface area contributed by atoms with Gasteiger partial charge in [0.2, 0.25) is 11.7 Å². The lowest BCUT2D eigenvalue weighted by Gasteiger charge is -2.06. The second-order valence-electron chi connectivity index (χ2n) is 6.08. The lowest BCUT2D eigenvalue weighted by molar-refractivity contribution is -0.137. The fraction of sp³-hybridized carbons (Fsp3) is 0.150. The average molecular weight is 401 g/mol. The molecular weight excluding hydrogens is 387 g/mol. The molecule has 0 radical (unpaired) electrons. The molecule has 2 aromatic heterocycles. The van der Waals surface area contributed by atoms with Crippen LogP contribution in [-0.2, 0) is 17.7 Å². The highest BCUT2D eigenvalue weighted by molar-refractivity contribution is 7.97. The Morgan fingerprint density at radius 1 is 0.964 bits per heavy atom. The van der Waals surface area contributed by atoms with Gasteiger partial charge in [0.1, 0.15) is 0 Å². The normalized spacial score (nSPS) is 11.8. The summed E-state index contributed by atoms with van der Waals surface area (Å²) in [5.74, 6) is 1.67. The number of nitrogens with zero attached hydrogens (tertiary/aromatic N) is 3. The van der Waals surface area contributed by atoms with Crippen LogP contribution in [0.25, 0.3) is 22.3 Å². The molecule has 4 nitrogen and oxygen atoms in total. The van der Waals surface area contributed by atoms with Crippen LogP contribution < -0.4 is 0 Å². The molecule has 28 heavy (non-hydrogen) atoms. The summed E-state index contributed by atoms with van der Waals surface area (Å²) in [6, 6.07) is 14.8. The van der Waals surface area contributed by atoms with Crippen LogP contribution in [0, 0.1) is 0 Å². The van der Waals surface area contributed by atoms with Crippen molar-refractivity contribution in [2.24, 2.45) is 0 Å². The van der Waals surface area contributed by atoms with Crippen LogP contribution in [0.5, 0.6) is 0 Å². The first-order chi connectivity index (χ1) is 13.5. The largest absolute Gasteiger partial charge is 0.416 e. The molecule has 8 heteroatoms. The number of pyridine rings is 1. The Hall–Kier alpha value is -2.87. The lowest BCUT2D eigenvalue weighted by Crippen LogP contribution is -2.04. The third-order valence-corrected chi connectivity index (χ3v) is 5.08. The van der Waals surface area contributed by atoms with Crippen LogP contribution in [0.3, 0.4) is 0 Å². The number of hydrogen-bond donors (Lipinski definition) is 0. The van der Waals surface area contributed by atoms with Crippen molar-refractivity contribution in [1.29, 1.82) is 0 Å². The van der Waals surface area contributed by atoms with Crippen molar-refractivity contribution in [3.63, 3.8) is 0 Å². The maximum Gasteiger partial charge on any atom is 0.416 e. The topological polar surface area (TPSA) is 51.8 Å². The molecule has 0 amide bonds. The van der Waals surface area contributed by atoms with Crippen molar-refractivity contribution in [2.45, 2.75) is 17.7 Å². The average Bonchev–Trinajstić information content (AvgIpc) is 3.17. The van der Waals surface area contributed by atoms with Crippen molar-refractivity contribution in [3.05, 3.63) is 77.8 Å². The van der Waals surface area contributed by atoms with Crippen molar-refractivity contribution < 1.29 is 17.7 Å². The van der Waals surface area contributed by atoms with Crippen molar-refractivity contribution in [2.75, 3.05) is 0 Å². The molecule has 0 bridgehead atoms. The molecule has 4 rings (SSSR count). The minimum Gasteiger partial charge on any atom is -0.338 e. The standard InChI is InChI=1S/C20H14F3N3OS/c21-20(22,23)16-8-2-5-14(10-16)19-25-17(27-26-19)12-28-11-15-6-1-4-13-7-3-9-24-18(13)15/h1-10H,11-12H2. The number of halogens is 3. The summed E-state index contributed by atoms with van der Waals surface area (Å²) in [7, 11) is 0. The fourth-order valence-corrected chi connectivity index (χ4v) is 3.64. The molecule has 0 spiro atoms. The maximum atomic E-state index is 12.9. The van der Waals surface area contributed by atoms with Crippen LogP contribution in [0.15, 0.2) is 65.3 Å². The minimum absolute atomic E-state index is 0.147.